The maximum absolute atomic E-state index is 12.4. The van der Waals surface area contributed by atoms with Crippen LogP contribution in [0.2, 0.25) is 0 Å². The second-order valence-corrected chi connectivity index (χ2v) is 5.26. The Morgan fingerprint density at radius 2 is 1.70 bits per heavy atom. The molecule has 1 aliphatic rings. The number of hydrogen-bond acceptors (Lipinski definition) is 6. The maximum atomic E-state index is 12.4. The first-order chi connectivity index (χ1) is 11.2. The molecule has 2 rings (SSSR count). The number of benzene rings is 1. The summed E-state index contributed by atoms with van der Waals surface area (Å²) in [5.74, 6) is 1.31. The summed E-state index contributed by atoms with van der Waals surface area (Å²) in [5, 5.41) is 6.24. The molecule has 23 heavy (non-hydrogen) atoms. The Morgan fingerprint density at radius 1 is 1.09 bits per heavy atom. The lowest BCUT2D eigenvalue weighted by Gasteiger charge is -2.27. The largest absolute Gasteiger partial charge is 0.496 e. The molecule has 0 saturated carbocycles. The van der Waals surface area contributed by atoms with Crippen LogP contribution in [-0.2, 0) is 0 Å². The Balaban J connectivity index is 1.99. The SMILES string of the molecule is COc1cc(OC)c(C(=O)NCCN2CCNCC2)cc1OC. The Labute approximate surface area is 136 Å². The van der Waals surface area contributed by atoms with Crippen LogP contribution >= 0.6 is 0 Å². The van der Waals surface area contributed by atoms with Gasteiger partial charge in [-0.25, -0.2) is 0 Å². The zero-order chi connectivity index (χ0) is 16.7. The number of ether oxygens (including phenoxy) is 3. The Kier molecular flexibility index (Phi) is 6.49. The van der Waals surface area contributed by atoms with E-state index in [2.05, 4.69) is 15.5 Å². The van der Waals surface area contributed by atoms with E-state index in [0.717, 1.165) is 32.7 Å². The van der Waals surface area contributed by atoms with E-state index < -0.39 is 0 Å². The van der Waals surface area contributed by atoms with Gasteiger partial charge in [-0.2, -0.15) is 0 Å². The smallest absolute Gasteiger partial charge is 0.255 e. The van der Waals surface area contributed by atoms with Gasteiger partial charge in [0.1, 0.15) is 5.75 Å². The molecule has 128 valence electrons. The lowest BCUT2D eigenvalue weighted by Crippen LogP contribution is -2.46. The normalized spacial score (nSPS) is 15.1. The molecule has 7 nitrogen and oxygen atoms in total. The second kappa shape index (κ2) is 8.59. The molecule has 1 heterocycles. The summed E-state index contributed by atoms with van der Waals surface area (Å²) in [6, 6.07) is 3.29. The van der Waals surface area contributed by atoms with Crippen molar-refractivity contribution in [3.63, 3.8) is 0 Å². The van der Waals surface area contributed by atoms with E-state index in [1.54, 1.807) is 19.2 Å². The zero-order valence-electron chi connectivity index (χ0n) is 14.0. The van der Waals surface area contributed by atoms with Crippen LogP contribution in [0, 0.1) is 0 Å². The number of rotatable bonds is 7. The van der Waals surface area contributed by atoms with Crippen molar-refractivity contribution >= 4 is 5.91 Å². The average molecular weight is 323 g/mol. The van der Waals surface area contributed by atoms with Crippen LogP contribution in [0.15, 0.2) is 12.1 Å². The van der Waals surface area contributed by atoms with Crippen LogP contribution in [0.3, 0.4) is 0 Å². The molecule has 1 amide bonds. The first-order valence-corrected chi connectivity index (χ1v) is 7.71. The van der Waals surface area contributed by atoms with E-state index >= 15 is 0 Å². The van der Waals surface area contributed by atoms with Crippen LogP contribution in [-0.4, -0.2) is 71.4 Å². The molecular weight excluding hydrogens is 298 g/mol. The van der Waals surface area contributed by atoms with E-state index in [9.17, 15) is 4.79 Å². The lowest BCUT2D eigenvalue weighted by molar-refractivity contribution is 0.0943. The van der Waals surface area contributed by atoms with Gasteiger partial charge in [0.2, 0.25) is 0 Å². The number of carbonyl (C=O) groups is 1. The fourth-order valence-corrected chi connectivity index (χ4v) is 2.56. The van der Waals surface area contributed by atoms with Crippen LogP contribution in [0.1, 0.15) is 10.4 Å². The molecule has 1 aromatic carbocycles. The van der Waals surface area contributed by atoms with Crippen LogP contribution in [0.25, 0.3) is 0 Å². The Morgan fingerprint density at radius 3 is 2.30 bits per heavy atom. The molecular formula is C16H25N3O4. The van der Waals surface area contributed by atoms with Gasteiger partial charge < -0.3 is 24.8 Å². The first kappa shape index (κ1) is 17.4. The molecule has 1 saturated heterocycles. The minimum atomic E-state index is -0.182. The van der Waals surface area contributed by atoms with Crippen LogP contribution < -0.4 is 24.8 Å². The van der Waals surface area contributed by atoms with E-state index in [4.69, 9.17) is 14.2 Å². The molecule has 0 spiro atoms. The monoisotopic (exact) mass is 323 g/mol. The van der Waals surface area contributed by atoms with Gasteiger partial charge in [-0.15, -0.1) is 0 Å². The molecule has 1 aliphatic heterocycles. The topological polar surface area (TPSA) is 72.1 Å². The summed E-state index contributed by atoms with van der Waals surface area (Å²) in [6.45, 7) is 5.44. The van der Waals surface area contributed by atoms with Crippen molar-refractivity contribution in [2.75, 3.05) is 60.6 Å². The van der Waals surface area contributed by atoms with Crippen LogP contribution in [0.5, 0.6) is 17.2 Å². The number of amides is 1. The standard InChI is InChI=1S/C16H25N3O4/c1-21-13-11-15(23-3)14(22-2)10-12(13)16(20)18-6-9-19-7-4-17-5-8-19/h10-11,17H,4-9H2,1-3H3,(H,18,20). The van der Waals surface area contributed by atoms with Gasteiger partial charge in [0.15, 0.2) is 11.5 Å². The molecule has 0 atom stereocenters. The number of nitrogens with one attached hydrogen (secondary N) is 2. The fourth-order valence-electron chi connectivity index (χ4n) is 2.56. The van der Waals surface area contributed by atoms with Crippen molar-refractivity contribution < 1.29 is 19.0 Å². The molecule has 1 aromatic rings. The number of hydrogen-bond donors (Lipinski definition) is 2. The van der Waals surface area contributed by atoms with E-state index in [-0.39, 0.29) is 5.91 Å². The molecule has 0 aromatic heterocycles. The Hall–Kier alpha value is -1.99. The fraction of sp³-hybridized carbons (Fsp3) is 0.562. The highest BCUT2D eigenvalue weighted by Crippen LogP contribution is 2.34. The summed E-state index contributed by atoms with van der Waals surface area (Å²) in [4.78, 5) is 14.7. The second-order valence-electron chi connectivity index (χ2n) is 5.26. The molecule has 0 unspecified atom stereocenters. The van der Waals surface area contributed by atoms with E-state index in [0.29, 0.717) is 29.4 Å². The third kappa shape index (κ3) is 4.49. The Bertz CT molecular complexity index is 530. The van der Waals surface area contributed by atoms with E-state index in [1.165, 1.54) is 14.2 Å². The number of carbonyl (C=O) groups excluding carboxylic acids is 1. The first-order valence-electron chi connectivity index (χ1n) is 7.71. The minimum Gasteiger partial charge on any atom is -0.496 e. The molecule has 0 bridgehead atoms. The zero-order valence-corrected chi connectivity index (χ0v) is 14.0. The molecule has 7 heteroatoms. The van der Waals surface area contributed by atoms with Crippen molar-refractivity contribution in [3.05, 3.63) is 17.7 Å². The van der Waals surface area contributed by atoms with Crippen LogP contribution in [0.4, 0.5) is 0 Å². The van der Waals surface area contributed by atoms with Crippen molar-refractivity contribution in [2.45, 2.75) is 0 Å². The quantitative estimate of drug-likeness (QED) is 0.754. The van der Waals surface area contributed by atoms with Gasteiger partial charge in [0.25, 0.3) is 5.91 Å². The number of nitrogens with zero attached hydrogens (tertiary/aromatic N) is 1. The average Bonchev–Trinajstić information content (AvgIpc) is 2.61. The highest BCUT2D eigenvalue weighted by Gasteiger charge is 2.18. The van der Waals surface area contributed by atoms with Crippen molar-refractivity contribution in [1.82, 2.24) is 15.5 Å². The predicted molar refractivity (Wildman–Crippen MR) is 87.7 cm³/mol. The number of methoxy groups -OCH3 is 3. The van der Waals surface area contributed by atoms with Gasteiger partial charge in [-0.3, -0.25) is 9.69 Å². The van der Waals surface area contributed by atoms with Crippen molar-refractivity contribution in [1.29, 1.82) is 0 Å². The van der Waals surface area contributed by atoms with Gasteiger partial charge in [0.05, 0.1) is 26.9 Å². The van der Waals surface area contributed by atoms with E-state index in [1.807, 2.05) is 0 Å². The molecule has 0 aliphatic carbocycles. The summed E-state index contributed by atoms with van der Waals surface area (Å²) >= 11 is 0. The maximum Gasteiger partial charge on any atom is 0.255 e. The minimum absolute atomic E-state index is 0.182. The summed E-state index contributed by atoms with van der Waals surface area (Å²) < 4.78 is 15.8. The molecule has 1 fully saturated rings. The predicted octanol–water partition coefficient (Wildman–Crippen LogP) is 0.347. The molecule has 2 N–H and O–H groups in total. The van der Waals surface area contributed by atoms with Crippen molar-refractivity contribution in [3.8, 4) is 17.2 Å². The number of piperazine rings is 1. The third-order valence-electron chi connectivity index (χ3n) is 3.87. The highest BCUT2D eigenvalue weighted by molar-refractivity contribution is 5.97. The summed E-state index contributed by atoms with van der Waals surface area (Å²) in [5.41, 5.74) is 0.436. The highest BCUT2D eigenvalue weighted by atomic mass is 16.5. The molecule has 0 radical (unpaired) electrons. The van der Waals surface area contributed by atoms with Crippen molar-refractivity contribution in [2.24, 2.45) is 0 Å². The third-order valence-corrected chi connectivity index (χ3v) is 3.87. The lowest BCUT2D eigenvalue weighted by atomic mass is 10.1. The van der Waals surface area contributed by atoms with Gasteiger partial charge in [-0.1, -0.05) is 0 Å². The van der Waals surface area contributed by atoms with Gasteiger partial charge >= 0.3 is 0 Å². The summed E-state index contributed by atoms with van der Waals surface area (Å²) in [7, 11) is 4.61. The van der Waals surface area contributed by atoms with Gasteiger partial charge in [0, 0.05) is 51.4 Å². The van der Waals surface area contributed by atoms with Gasteiger partial charge in [-0.05, 0) is 0 Å². The summed E-state index contributed by atoms with van der Waals surface area (Å²) in [6.07, 6.45) is 0.